The Bertz CT molecular complexity index is 1950. The summed E-state index contributed by atoms with van der Waals surface area (Å²) in [5, 5.41) is 19.8. The van der Waals surface area contributed by atoms with Crippen molar-refractivity contribution in [3.8, 4) is 23.0 Å². The number of hydrogen-bond donors (Lipinski definition) is 2. The fourth-order valence-electron chi connectivity index (χ4n) is 7.46. The molecule has 0 heterocycles. The van der Waals surface area contributed by atoms with Gasteiger partial charge in [0.05, 0.1) is 39.6 Å². The monoisotopic (exact) mass is 780 g/mol. The van der Waals surface area contributed by atoms with E-state index in [-0.39, 0.29) is 26.4 Å². The van der Waals surface area contributed by atoms with E-state index in [1.807, 2.05) is 36.4 Å². The van der Waals surface area contributed by atoms with E-state index in [2.05, 4.69) is 97.1 Å². The molecule has 0 saturated heterocycles. The van der Waals surface area contributed by atoms with Crippen LogP contribution in [0.25, 0.3) is 0 Å². The first kappa shape index (κ1) is 40.6. The van der Waals surface area contributed by atoms with Gasteiger partial charge in [0.1, 0.15) is 49.4 Å². The highest BCUT2D eigenvalue weighted by molar-refractivity contribution is 5.56. The predicted octanol–water partition coefficient (Wildman–Crippen LogP) is 8.30. The van der Waals surface area contributed by atoms with Gasteiger partial charge in [-0.1, -0.05) is 133 Å². The first-order valence-electron chi connectivity index (χ1n) is 20.1. The zero-order valence-electron chi connectivity index (χ0n) is 32.9. The van der Waals surface area contributed by atoms with E-state index < -0.39 is 0 Å². The standard InChI is InChI=1S/C50H52O8/c51-23-25-55-47-39-15-7-17-41(47)33-45-21-10-22-46(50(45)58-30-28-54-36-38-13-5-2-6-14-38)34-42-18-8-16-40(48(42)56-26-24-52)32-44-20-9-19-43(31-39)49(44)57-29-27-53-35-37-11-3-1-4-12-37/h1-22,51-52H,23-36H2. The number of hydrogen-bond acceptors (Lipinski definition) is 8. The van der Waals surface area contributed by atoms with Crippen molar-refractivity contribution in [2.75, 3.05) is 52.9 Å². The molecule has 1 aliphatic carbocycles. The van der Waals surface area contributed by atoms with Crippen molar-refractivity contribution in [3.63, 3.8) is 0 Å². The lowest BCUT2D eigenvalue weighted by Crippen LogP contribution is -2.13. The molecule has 0 fully saturated rings. The molecule has 2 N–H and O–H groups in total. The van der Waals surface area contributed by atoms with Gasteiger partial charge in [0.2, 0.25) is 0 Å². The highest BCUT2D eigenvalue weighted by Crippen LogP contribution is 2.39. The first-order chi connectivity index (χ1) is 28.7. The van der Waals surface area contributed by atoms with Crippen LogP contribution in [0, 0.1) is 0 Å². The van der Waals surface area contributed by atoms with Crippen molar-refractivity contribution in [1.82, 2.24) is 0 Å². The Kier molecular flexibility index (Phi) is 14.8. The summed E-state index contributed by atoms with van der Waals surface area (Å²) < 4.78 is 38.1. The second kappa shape index (κ2) is 21.2. The Morgan fingerprint density at radius 1 is 0.310 bits per heavy atom. The van der Waals surface area contributed by atoms with Crippen LogP contribution >= 0.6 is 0 Å². The molecule has 6 aromatic rings. The normalized spacial score (nSPS) is 12.2. The third kappa shape index (κ3) is 10.8. The smallest absolute Gasteiger partial charge is 0.126 e. The topological polar surface area (TPSA) is 95.8 Å². The lowest BCUT2D eigenvalue weighted by molar-refractivity contribution is 0.0883. The van der Waals surface area contributed by atoms with Gasteiger partial charge < -0.3 is 38.6 Å². The van der Waals surface area contributed by atoms with Crippen LogP contribution in [0.4, 0.5) is 0 Å². The van der Waals surface area contributed by atoms with Crippen molar-refractivity contribution < 1.29 is 38.6 Å². The van der Waals surface area contributed by atoms with Gasteiger partial charge in [-0.25, -0.2) is 0 Å². The van der Waals surface area contributed by atoms with Crippen LogP contribution in [-0.4, -0.2) is 63.1 Å². The summed E-state index contributed by atoms with van der Waals surface area (Å²) in [5.74, 6) is 3.09. The lowest BCUT2D eigenvalue weighted by atomic mass is 9.91. The Morgan fingerprint density at radius 3 is 0.862 bits per heavy atom. The molecule has 0 spiro atoms. The maximum atomic E-state index is 9.90. The van der Waals surface area contributed by atoms with Gasteiger partial charge in [-0.2, -0.15) is 0 Å². The predicted molar refractivity (Wildman–Crippen MR) is 225 cm³/mol. The van der Waals surface area contributed by atoms with Gasteiger partial charge in [-0.05, 0) is 55.6 Å². The molecule has 58 heavy (non-hydrogen) atoms. The van der Waals surface area contributed by atoms with E-state index in [1.54, 1.807) is 0 Å². The van der Waals surface area contributed by atoms with E-state index in [4.69, 9.17) is 28.4 Å². The fraction of sp³-hybridized carbons (Fsp3) is 0.280. The summed E-state index contributed by atoms with van der Waals surface area (Å²) in [7, 11) is 0. The van der Waals surface area contributed by atoms with Crippen LogP contribution in [0.1, 0.15) is 55.6 Å². The van der Waals surface area contributed by atoms with Crippen LogP contribution in [-0.2, 0) is 48.4 Å². The van der Waals surface area contributed by atoms with E-state index in [1.165, 1.54) is 0 Å². The van der Waals surface area contributed by atoms with E-state index in [0.29, 0.717) is 65.3 Å². The molecule has 0 saturated carbocycles. The van der Waals surface area contributed by atoms with Crippen LogP contribution in [0.2, 0.25) is 0 Å². The molecular formula is C50H52O8. The molecule has 0 aromatic heterocycles. The molecule has 0 radical (unpaired) electrons. The summed E-state index contributed by atoms with van der Waals surface area (Å²) in [6, 6.07) is 45.3. The maximum Gasteiger partial charge on any atom is 0.126 e. The Hall–Kier alpha value is -5.64. The van der Waals surface area contributed by atoms with Gasteiger partial charge in [-0.3, -0.25) is 0 Å². The van der Waals surface area contributed by atoms with Crippen molar-refractivity contribution in [3.05, 3.63) is 189 Å². The number of fused-ring (bicyclic) bond motifs is 8. The average Bonchev–Trinajstić information content (AvgIpc) is 3.25. The molecule has 6 aromatic carbocycles. The van der Waals surface area contributed by atoms with Crippen LogP contribution in [0.5, 0.6) is 23.0 Å². The minimum atomic E-state index is -0.105. The molecule has 7 rings (SSSR count). The first-order valence-corrected chi connectivity index (χ1v) is 20.1. The molecule has 0 amide bonds. The summed E-state index contributed by atoms with van der Waals surface area (Å²) in [6.07, 6.45) is 2.16. The minimum Gasteiger partial charge on any atom is -0.491 e. The van der Waals surface area contributed by atoms with E-state index in [0.717, 1.165) is 78.6 Å². The summed E-state index contributed by atoms with van der Waals surface area (Å²) in [6.45, 7) is 2.71. The summed E-state index contributed by atoms with van der Waals surface area (Å²) in [4.78, 5) is 0. The van der Waals surface area contributed by atoms with Gasteiger partial charge in [0, 0.05) is 25.7 Å². The van der Waals surface area contributed by atoms with Crippen molar-refractivity contribution in [1.29, 1.82) is 0 Å². The molecule has 0 atom stereocenters. The molecule has 1 aliphatic rings. The second-order valence-corrected chi connectivity index (χ2v) is 14.2. The van der Waals surface area contributed by atoms with E-state index in [9.17, 15) is 10.2 Å². The number of rotatable bonds is 18. The van der Waals surface area contributed by atoms with Crippen molar-refractivity contribution in [2.24, 2.45) is 0 Å². The van der Waals surface area contributed by atoms with Crippen molar-refractivity contribution >= 4 is 0 Å². The minimum absolute atomic E-state index is 0.105. The summed E-state index contributed by atoms with van der Waals surface area (Å²) in [5.41, 5.74) is 10.2. The molecule has 0 unspecified atom stereocenters. The SMILES string of the molecule is OCCOc1c2cccc1Cc1cccc(c1OCCOCc1ccccc1)Cc1cccc(c1OCCO)Cc1cccc(c1OCCOCc1ccccc1)C2. The molecule has 8 bridgehead atoms. The van der Waals surface area contributed by atoms with Gasteiger partial charge >= 0.3 is 0 Å². The fourth-order valence-corrected chi connectivity index (χ4v) is 7.46. The van der Waals surface area contributed by atoms with Gasteiger partial charge in [-0.15, -0.1) is 0 Å². The number of ether oxygens (including phenoxy) is 6. The van der Waals surface area contributed by atoms with Gasteiger partial charge in [0.25, 0.3) is 0 Å². The molecule has 8 nitrogen and oxygen atoms in total. The Labute approximate surface area is 341 Å². The van der Waals surface area contributed by atoms with Crippen LogP contribution in [0.15, 0.2) is 133 Å². The van der Waals surface area contributed by atoms with Crippen LogP contribution in [0.3, 0.4) is 0 Å². The third-order valence-electron chi connectivity index (χ3n) is 10.1. The van der Waals surface area contributed by atoms with E-state index >= 15 is 0 Å². The zero-order valence-corrected chi connectivity index (χ0v) is 32.9. The van der Waals surface area contributed by atoms with Crippen molar-refractivity contribution in [2.45, 2.75) is 38.9 Å². The highest BCUT2D eigenvalue weighted by Gasteiger charge is 2.22. The number of aliphatic hydroxyl groups is 2. The Morgan fingerprint density at radius 2 is 0.586 bits per heavy atom. The molecular weight excluding hydrogens is 729 g/mol. The zero-order chi connectivity index (χ0) is 39.8. The molecule has 0 aliphatic heterocycles. The van der Waals surface area contributed by atoms with Gasteiger partial charge in [0.15, 0.2) is 0 Å². The van der Waals surface area contributed by atoms with Crippen LogP contribution < -0.4 is 18.9 Å². The Balaban J connectivity index is 1.25. The largest absolute Gasteiger partial charge is 0.491 e. The summed E-state index contributed by atoms with van der Waals surface area (Å²) >= 11 is 0. The number of benzene rings is 6. The highest BCUT2D eigenvalue weighted by atomic mass is 16.5. The molecule has 8 heteroatoms. The number of para-hydroxylation sites is 4. The average molecular weight is 781 g/mol. The quantitative estimate of drug-likeness (QED) is 0.0841. The second-order valence-electron chi connectivity index (χ2n) is 14.2. The lowest BCUT2D eigenvalue weighted by Gasteiger charge is -2.22. The maximum absolute atomic E-state index is 9.90. The third-order valence-corrected chi connectivity index (χ3v) is 10.1. The molecule has 300 valence electrons. The number of aliphatic hydroxyl groups excluding tert-OH is 2.